The van der Waals surface area contributed by atoms with Crippen LogP contribution in [0.15, 0.2) is 24.3 Å². The maximum Gasteiger partial charge on any atom is 0.0629 e. The Labute approximate surface area is 114 Å². The van der Waals surface area contributed by atoms with Crippen molar-refractivity contribution in [2.75, 3.05) is 0 Å². The molecule has 3 N–H and O–H groups in total. The van der Waals surface area contributed by atoms with Gasteiger partial charge in [-0.3, -0.25) is 16.0 Å². The third-order valence-corrected chi connectivity index (χ3v) is 3.75. The van der Waals surface area contributed by atoms with Crippen molar-refractivity contribution in [3.8, 4) is 0 Å². The Morgan fingerprint density at radius 2 is 1.84 bits per heavy atom. The SMILES string of the molecule is Cc1ccc(C(Cc2c(C)nn(C)c2C)NN)cc1. The summed E-state index contributed by atoms with van der Waals surface area (Å²) < 4.78 is 1.92. The van der Waals surface area contributed by atoms with E-state index in [1.54, 1.807) is 0 Å². The van der Waals surface area contributed by atoms with Crippen LogP contribution in [0.4, 0.5) is 0 Å². The van der Waals surface area contributed by atoms with Crippen LogP contribution >= 0.6 is 0 Å². The van der Waals surface area contributed by atoms with E-state index in [2.05, 4.69) is 48.6 Å². The van der Waals surface area contributed by atoms with Gasteiger partial charge in [-0.1, -0.05) is 29.8 Å². The second-order valence-corrected chi connectivity index (χ2v) is 5.11. The van der Waals surface area contributed by atoms with Gasteiger partial charge in [0, 0.05) is 12.7 Å². The molecule has 2 rings (SSSR count). The number of nitrogens with zero attached hydrogens (tertiary/aromatic N) is 2. The zero-order valence-corrected chi connectivity index (χ0v) is 12.1. The number of aryl methyl sites for hydroxylation is 3. The van der Waals surface area contributed by atoms with Crippen LogP contribution in [0.25, 0.3) is 0 Å². The highest BCUT2D eigenvalue weighted by atomic mass is 15.3. The molecule has 1 atom stereocenters. The maximum atomic E-state index is 5.72. The Balaban J connectivity index is 2.26. The molecule has 1 heterocycles. The topological polar surface area (TPSA) is 55.9 Å². The van der Waals surface area contributed by atoms with Crippen molar-refractivity contribution in [1.82, 2.24) is 15.2 Å². The molecular formula is C15H22N4. The van der Waals surface area contributed by atoms with E-state index in [4.69, 9.17) is 5.84 Å². The second kappa shape index (κ2) is 5.55. The summed E-state index contributed by atoms with van der Waals surface area (Å²) in [5.41, 5.74) is 8.92. The second-order valence-electron chi connectivity index (χ2n) is 5.11. The van der Waals surface area contributed by atoms with Gasteiger partial charge in [0.05, 0.1) is 11.7 Å². The van der Waals surface area contributed by atoms with Crippen LogP contribution in [0.5, 0.6) is 0 Å². The van der Waals surface area contributed by atoms with Crippen molar-refractivity contribution in [3.05, 3.63) is 52.3 Å². The van der Waals surface area contributed by atoms with E-state index >= 15 is 0 Å². The predicted molar refractivity (Wildman–Crippen MR) is 77.6 cm³/mol. The lowest BCUT2D eigenvalue weighted by atomic mass is 9.97. The number of hydrogen-bond donors (Lipinski definition) is 2. The third-order valence-electron chi connectivity index (χ3n) is 3.75. The van der Waals surface area contributed by atoms with E-state index < -0.39 is 0 Å². The quantitative estimate of drug-likeness (QED) is 0.652. The van der Waals surface area contributed by atoms with Crippen molar-refractivity contribution in [3.63, 3.8) is 0 Å². The van der Waals surface area contributed by atoms with Gasteiger partial charge in [-0.15, -0.1) is 0 Å². The molecule has 0 aliphatic rings. The molecule has 0 aliphatic heterocycles. The van der Waals surface area contributed by atoms with E-state index in [-0.39, 0.29) is 6.04 Å². The van der Waals surface area contributed by atoms with E-state index in [1.165, 1.54) is 22.4 Å². The van der Waals surface area contributed by atoms with Crippen LogP contribution in [0.2, 0.25) is 0 Å². The minimum absolute atomic E-state index is 0.113. The molecule has 4 nitrogen and oxygen atoms in total. The minimum Gasteiger partial charge on any atom is -0.272 e. The Morgan fingerprint density at radius 1 is 1.21 bits per heavy atom. The molecule has 102 valence electrons. The number of nitrogens with two attached hydrogens (primary N) is 1. The highest BCUT2D eigenvalue weighted by Gasteiger charge is 2.16. The summed E-state index contributed by atoms with van der Waals surface area (Å²) in [7, 11) is 1.97. The molecule has 0 bridgehead atoms. The van der Waals surface area contributed by atoms with Gasteiger partial charge >= 0.3 is 0 Å². The largest absolute Gasteiger partial charge is 0.272 e. The number of nitrogens with one attached hydrogen (secondary N) is 1. The summed E-state index contributed by atoms with van der Waals surface area (Å²) in [6.45, 7) is 6.23. The molecule has 0 saturated heterocycles. The number of benzene rings is 1. The van der Waals surface area contributed by atoms with Gasteiger partial charge in [0.2, 0.25) is 0 Å². The standard InChI is InChI=1S/C15H22N4/c1-10-5-7-13(8-6-10)15(17-16)9-14-11(2)18-19(4)12(14)3/h5-8,15,17H,9,16H2,1-4H3. The first kappa shape index (κ1) is 13.8. The van der Waals surface area contributed by atoms with Crippen molar-refractivity contribution >= 4 is 0 Å². The molecule has 1 aromatic heterocycles. The van der Waals surface area contributed by atoms with Crippen LogP contribution in [-0.4, -0.2) is 9.78 Å². The first-order valence-electron chi connectivity index (χ1n) is 6.54. The smallest absolute Gasteiger partial charge is 0.0629 e. The van der Waals surface area contributed by atoms with Gasteiger partial charge in [-0.2, -0.15) is 5.10 Å². The van der Waals surface area contributed by atoms with Gasteiger partial charge in [-0.05, 0) is 38.3 Å². The summed E-state index contributed by atoms with van der Waals surface area (Å²) in [6, 6.07) is 8.59. The van der Waals surface area contributed by atoms with Crippen molar-refractivity contribution in [2.24, 2.45) is 12.9 Å². The van der Waals surface area contributed by atoms with Crippen LogP contribution in [0.1, 0.15) is 34.1 Å². The van der Waals surface area contributed by atoms with E-state index in [0.717, 1.165) is 12.1 Å². The van der Waals surface area contributed by atoms with Gasteiger partial charge in [0.1, 0.15) is 0 Å². The van der Waals surface area contributed by atoms with Crippen LogP contribution in [0, 0.1) is 20.8 Å². The molecular weight excluding hydrogens is 236 g/mol. The average molecular weight is 258 g/mol. The number of aromatic nitrogens is 2. The molecule has 0 aliphatic carbocycles. The molecule has 4 heteroatoms. The molecule has 1 unspecified atom stereocenters. The lowest BCUT2D eigenvalue weighted by Crippen LogP contribution is -2.29. The Hall–Kier alpha value is -1.65. The average Bonchev–Trinajstić information content (AvgIpc) is 2.63. The molecule has 1 aromatic carbocycles. The first-order valence-corrected chi connectivity index (χ1v) is 6.54. The summed E-state index contributed by atoms with van der Waals surface area (Å²) >= 11 is 0. The molecule has 0 saturated carbocycles. The molecule has 0 spiro atoms. The summed E-state index contributed by atoms with van der Waals surface area (Å²) in [4.78, 5) is 0. The molecule has 0 radical (unpaired) electrons. The van der Waals surface area contributed by atoms with E-state index in [0.29, 0.717) is 0 Å². The summed E-state index contributed by atoms with van der Waals surface area (Å²) in [5, 5.41) is 4.45. The Kier molecular flexibility index (Phi) is 4.02. The third kappa shape index (κ3) is 2.85. The first-order chi connectivity index (χ1) is 9.02. The van der Waals surface area contributed by atoms with Crippen LogP contribution in [-0.2, 0) is 13.5 Å². The molecule has 0 amide bonds. The number of hydrazine groups is 1. The maximum absolute atomic E-state index is 5.72. The zero-order valence-electron chi connectivity index (χ0n) is 12.1. The fourth-order valence-corrected chi connectivity index (χ4v) is 2.39. The predicted octanol–water partition coefficient (Wildman–Crippen LogP) is 2.09. The highest BCUT2D eigenvalue weighted by molar-refractivity contribution is 5.30. The fraction of sp³-hybridized carbons (Fsp3) is 0.400. The van der Waals surface area contributed by atoms with Gasteiger partial charge in [0.25, 0.3) is 0 Å². The number of hydrogen-bond acceptors (Lipinski definition) is 3. The van der Waals surface area contributed by atoms with Gasteiger partial charge < -0.3 is 0 Å². The van der Waals surface area contributed by atoms with Crippen molar-refractivity contribution in [2.45, 2.75) is 33.2 Å². The van der Waals surface area contributed by atoms with Crippen LogP contribution < -0.4 is 11.3 Å². The monoisotopic (exact) mass is 258 g/mol. The molecule has 19 heavy (non-hydrogen) atoms. The van der Waals surface area contributed by atoms with E-state index in [9.17, 15) is 0 Å². The van der Waals surface area contributed by atoms with Gasteiger partial charge in [0.15, 0.2) is 0 Å². The summed E-state index contributed by atoms with van der Waals surface area (Å²) in [6.07, 6.45) is 0.852. The minimum atomic E-state index is 0.113. The zero-order chi connectivity index (χ0) is 14.0. The summed E-state index contributed by atoms with van der Waals surface area (Å²) in [5.74, 6) is 5.72. The molecule has 2 aromatic rings. The Bertz CT molecular complexity index is 554. The van der Waals surface area contributed by atoms with E-state index in [1.807, 2.05) is 18.7 Å². The lowest BCUT2D eigenvalue weighted by molar-refractivity contribution is 0.549. The fourth-order valence-electron chi connectivity index (χ4n) is 2.39. The van der Waals surface area contributed by atoms with Crippen LogP contribution in [0.3, 0.4) is 0 Å². The number of rotatable bonds is 4. The highest BCUT2D eigenvalue weighted by Crippen LogP contribution is 2.22. The van der Waals surface area contributed by atoms with Gasteiger partial charge in [-0.25, -0.2) is 0 Å². The van der Waals surface area contributed by atoms with Crippen molar-refractivity contribution < 1.29 is 0 Å². The lowest BCUT2D eigenvalue weighted by Gasteiger charge is -2.17. The van der Waals surface area contributed by atoms with Crippen molar-refractivity contribution in [1.29, 1.82) is 0 Å². The normalized spacial score (nSPS) is 12.7. The molecule has 0 fully saturated rings. The Morgan fingerprint density at radius 3 is 2.32 bits per heavy atom.